The molecule has 0 aromatic rings. The minimum Gasteiger partial charge on any atom is -0.370 e. The van der Waals surface area contributed by atoms with Gasteiger partial charge in [0, 0.05) is 20.0 Å². The van der Waals surface area contributed by atoms with E-state index in [9.17, 15) is 4.79 Å². The third-order valence-corrected chi connectivity index (χ3v) is 0.250. The molecule has 1 fully saturated rings. The van der Waals surface area contributed by atoms with Gasteiger partial charge in [-0.1, -0.05) is 0 Å². The Balaban J connectivity index is 0.000000105. The standard InChI is InChI=1S/C2H5NO.C2H5N/c1-2(3)4;1-2-3-1/h1H3,(H2,3,4);3H,1-2H2. The first-order valence-corrected chi connectivity index (χ1v) is 2.20. The number of carbonyl (C=O) groups excluding carboxylic acids is 1. The van der Waals surface area contributed by atoms with Crippen molar-refractivity contribution in [3.05, 3.63) is 0 Å². The van der Waals surface area contributed by atoms with Crippen molar-refractivity contribution in [1.29, 1.82) is 0 Å². The minimum atomic E-state index is -0.333. The fraction of sp³-hybridized carbons (Fsp3) is 0.750. The van der Waals surface area contributed by atoms with E-state index in [1.807, 2.05) is 0 Å². The summed E-state index contributed by atoms with van der Waals surface area (Å²) in [6.07, 6.45) is 0. The lowest BCUT2D eigenvalue weighted by atomic mass is 10.8. The maximum atomic E-state index is 9.22. The van der Waals surface area contributed by atoms with Crippen LogP contribution in [0.4, 0.5) is 0 Å². The number of nitrogens with one attached hydrogen (secondary N) is 1. The minimum absolute atomic E-state index is 0.333. The third kappa shape index (κ3) is 346. The van der Waals surface area contributed by atoms with Crippen molar-refractivity contribution < 1.29 is 4.79 Å². The molecule has 1 saturated heterocycles. The van der Waals surface area contributed by atoms with Crippen LogP contribution in [0.1, 0.15) is 6.92 Å². The van der Waals surface area contributed by atoms with Gasteiger partial charge in [-0.25, -0.2) is 0 Å². The highest BCUT2D eigenvalue weighted by Crippen LogP contribution is 1.65. The fourth-order valence-electron chi connectivity index (χ4n) is 0. The maximum Gasteiger partial charge on any atom is 0.214 e. The van der Waals surface area contributed by atoms with Crippen LogP contribution in [0.15, 0.2) is 0 Å². The van der Waals surface area contributed by atoms with E-state index < -0.39 is 0 Å². The van der Waals surface area contributed by atoms with Crippen molar-refractivity contribution >= 4 is 5.91 Å². The van der Waals surface area contributed by atoms with E-state index in [-0.39, 0.29) is 5.91 Å². The van der Waals surface area contributed by atoms with Crippen LogP contribution in [0, 0.1) is 0 Å². The molecular weight excluding hydrogens is 92.1 g/mol. The highest BCUT2D eigenvalue weighted by molar-refractivity contribution is 5.70. The molecule has 0 bridgehead atoms. The Kier molecular flexibility index (Phi) is 3.32. The summed E-state index contributed by atoms with van der Waals surface area (Å²) in [6.45, 7) is 3.81. The summed E-state index contributed by atoms with van der Waals surface area (Å²) in [5.41, 5.74) is 4.47. The molecule has 1 aliphatic rings. The van der Waals surface area contributed by atoms with E-state index in [0.29, 0.717) is 0 Å². The average molecular weight is 102 g/mol. The average Bonchev–Trinajstić information content (AvgIpc) is 2.02. The fourth-order valence-corrected chi connectivity index (χ4v) is 0. The second-order valence-corrected chi connectivity index (χ2v) is 1.36. The zero-order valence-corrected chi connectivity index (χ0v) is 4.40. The van der Waals surface area contributed by atoms with Crippen LogP contribution in [0.25, 0.3) is 0 Å². The molecule has 1 amide bonds. The molecule has 0 spiro atoms. The molecule has 3 N–H and O–H groups in total. The van der Waals surface area contributed by atoms with Crippen LogP contribution in [-0.2, 0) is 4.79 Å². The largest absolute Gasteiger partial charge is 0.370 e. The van der Waals surface area contributed by atoms with Gasteiger partial charge in [0.25, 0.3) is 0 Å². The quantitative estimate of drug-likeness (QED) is 0.388. The summed E-state index contributed by atoms with van der Waals surface area (Å²) in [4.78, 5) is 9.22. The van der Waals surface area contributed by atoms with E-state index in [0.717, 1.165) is 0 Å². The monoisotopic (exact) mass is 102 g/mol. The Labute approximate surface area is 42.9 Å². The van der Waals surface area contributed by atoms with Gasteiger partial charge >= 0.3 is 0 Å². The van der Waals surface area contributed by atoms with Crippen molar-refractivity contribution in [1.82, 2.24) is 5.32 Å². The predicted octanol–water partition coefficient (Wildman–Crippen LogP) is -0.919. The Morgan fingerprint density at radius 3 is 1.86 bits per heavy atom. The summed E-state index contributed by atoms with van der Waals surface area (Å²) in [5, 5.41) is 3.00. The zero-order chi connectivity index (χ0) is 5.70. The smallest absolute Gasteiger partial charge is 0.214 e. The third-order valence-electron chi connectivity index (χ3n) is 0.250. The molecule has 0 aromatic carbocycles. The van der Waals surface area contributed by atoms with Gasteiger partial charge in [0.2, 0.25) is 5.91 Å². The van der Waals surface area contributed by atoms with E-state index in [1.165, 1.54) is 20.0 Å². The van der Waals surface area contributed by atoms with Gasteiger partial charge in [0.05, 0.1) is 0 Å². The maximum absolute atomic E-state index is 9.22. The molecule has 3 heteroatoms. The van der Waals surface area contributed by atoms with Crippen molar-refractivity contribution in [2.24, 2.45) is 5.73 Å². The van der Waals surface area contributed by atoms with Crippen LogP contribution in [-0.4, -0.2) is 19.0 Å². The molecule has 0 aliphatic carbocycles. The van der Waals surface area contributed by atoms with E-state index >= 15 is 0 Å². The number of hydrogen-bond donors (Lipinski definition) is 2. The van der Waals surface area contributed by atoms with E-state index in [2.05, 4.69) is 11.1 Å². The van der Waals surface area contributed by atoms with Crippen LogP contribution >= 0.6 is 0 Å². The Morgan fingerprint density at radius 1 is 1.71 bits per heavy atom. The number of carbonyl (C=O) groups is 1. The van der Waals surface area contributed by atoms with Crippen LogP contribution < -0.4 is 11.1 Å². The number of hydrogen-bond acceptors (Lipinski definition) is 2. The molecule has 1 rings (SSSR count). The van der Waals surface area contributed by atoms with Gasteiger partial charge in [-0.3, -0.25) is 4.79 Å². The van der Waals surface area contributed by atoms with E-state index in [4.69, 9.17) is 0 Å². The molecule has 0 radical (unpaired) electrons. The first-order valence-electron chi connectivity index (χ1n) is 2.20. The lowest BCUT2D eigenvalue weighted by molar-refractivity contribution is -0.115. The lowest BCUT2D eigenvalue weighted by Crippen LogP contribution is -2.01. The van der Waals surface area contributed by atoms with Gasteiger partial charge in [-0.2, -0.15) is 0 Å². The van der Waals surface area contributed by atoms with Gasteiger partial charge in [-0.05, 0) is 0 Å². The highest BCUT2D eigenvalue weighted by atomic mass is 16.1. The molecule has 0 atom stereocenters. The molecule has 0 aromatic heterocycles. The summed E-state index contributed by atoms with van der Waals surface area (Å²) in [5.74, 6) is -0.333. The highest BCUT2D eigenvalue weighted by Gasteiger charge is 1.91. The molecule has 0 unspecified atom stereocenters. The Bertz CT molecular complexity index is 54.0. The number of rotatable bonds is 0. The van der Waals surface area contributed by atoms with E-state index in [1.54, 1.807) is 0 Å². The Morgan fingerprint density at radius 2 is 1.86 bits per heavy atom. The molecule has 3 nitrogen and oxygen atoms in total. The second-order valence-electron chi connectivity index (χ2n) is 1.36. The molecule has 7 heavy (non-hydrogen) atoms. The SMILES string of the molecule is C1CN1.CC(N)=O. The molecule has 42 valence electrons. The topological polar surface area (TPSA) is 65.0 Å². The predicted molar refractivity (Wildman–Crippen MR) is 27.7 cm³/mol. The normalized spacial score (nSPS) is 13.9. The van der Waals surface area contributed by atoms with Crippen molar-refractivity contribution in [2.45, 2.75) is 6.92 Å². The summed E-state index contributed by atoms with van der Waals surface area (Å²) >= 11 is 0. The van der Waals surface area contributed by atoms with Gasteiger partial charge in [-0.15, -0.1) is 0 Å². The molecule has 0 saturated carbocycles. The van der Waals surface area contributed by atoms with Gasteiger partial charge < -0.3 is 11.1 Å². The second kappa shape index (κ2) is 3.61. The summed E-state index contributed by atoms with van der Waals surface area (Å²) < 4.78 is 0. The van der Waals surface area contributed by atoms with Crippen LogP contribution in [0.2, 0.25) is 0 Å². The van der Waals surface area contributed by atoms with Crippen molar-refractivity contribution in [3.63, 3.8) is 0 Å². The Hall–Kier alpha value is -0.570. The van der Waals surface area contributed by atoms with Crippen molar-refractivity contribution in [3.8, 4) is 0 Å². The van der Waals surface area contributed by atoms with Crippen LogP contribution in [0.5, 0.6) is 0 Å². The first-order chi connectivity index (χ1) is 3.23. The summed E-state index contributed by atoms with van der Waals surface area (Å²) in [7, 11) is 0. The summed E-state index contributed by atoms with van der Waals surface area (Å²) in [6, 6.07) is 0. The number of nitrogens with two attached hydrogens (primary N) is 1. The van der Waals surface area contributed by atoms with Crippen molar-refractivity contribution in [2.75, 3.05) is 13.1 Å². The van der Waals surface area contributed by atoms with Gasteiger partial charge in [0.15, 0.2) is 0 Å². The lowest BCUT2D eigenvalue weighted by Gasteiger charge is -1.60. The van der Waals surface area contributed by atoms with Crippen LogP contribution in [0.3, 0.4) is 0 Å². The van der Waals surface area contributed by atoms with Gasteiger partial charge in [0.1, 0.15) is 0 Å². The number of amides is 1. The first kappa shape index (κ1) is 6.43. The molecular formula is C4H10N2O. The zero-order valence-electron chi connectivity index (χ0n) is 4.40. The number of primary amides is 1. The molecule has 1 heterocycles. The molecule has 1 aliphatic heterocycles.